The molecule has 3 aromatic heterocycles. The molecule has 1 radical (unpaired) electrons. The quantitative estimate of drug-likeness (QED) is 0.128. The summed E-state index contributed by atoms with van der Waals surface area (Å²) in [5, 5.41) is 11.1. The molecule has 0 N–H and O–H groups in total. The monoisotopic (exact) mass is 940 g/mol. The molecule has 0 aliphatic heterocycles. The summed E-state index contributed by atoms with van der Waals surface area (Å²) >= 11 is -0.00826. The molecule has 0 saturated carbocycles. The van der Waals surface area contributed by atoms with Crippen LogP contribution in [0.15, 0.2) is 97.3 Å². The molecule has 3 nitrogen and oxygen atoms in total. The molecule has 3 heterocycles. The zero-order valence-electron chi connectivity index (χ0n) is 34.1. The molecule has 0 saturated heterocycles. The molecule has 1 aliphatic rings. The van der Waals surface area contributed by atoms with E-state index in [4.69, 9.17) is 10.7 Å². The van der Waals surface area contributed by atoms with Crippen LogP contribution in [0.2, 0.25) is 17.3 Å². The maximum atomic E-state index is 8.75. The van der Waals surface area contributed by atoms with Crippen molar-refractivity contribution in [2.75, 3.05) is 0 Å². The Hall–Kier alpha value is -3.92. The zero-order chi connectivity index (χ0) is 39.1. The number of benzene rings is 4. The number of hydrogen-bond acceptors (Lipinski definition) is 4. The van der Waals surface area contributed by atoms with Crippen molar-refractivity contribution in [1.29, 1.82) is 5.26 Å². The molecule has 0 spiro atoms. The van der Waals surface area contributed by atoms with Gasteiger partial charge in [-0.05, 0) is 93.7 Å². The van der Waals surface area contributed by atoms with Crippen LogP contribution in [-0.4, -0.2) is 23.2 Å². The van der Waals surface area contributed by atoms with Gasteiger partial charge in [-0.25, -0.2) is 0 Å². The van der Waals surface area contributed by atoms with Gasteiger partial charge in [0.05, 0.1) is 0 Å². The summed E-state index contributed by atoms with van der Waals surface area (Å²) in [5.74, 6) is 5.99. The van der Waals surface area contributed by atoms with Crippen LogP contribution in [0.25, 0.3) is 53.8 Å². The first-order valence-corrected chi connectivity index (χ1v) is 25.7. The number of aromatic nitrogens is 2. The number of fused-ring (bicyclic) bond motifs is 4. The largest absolute Gasteiger partial charge is 0 e. The molecule has 0 amide bonds. The first-order valence-electron chi connectivity index (χ1n) is 19.5. The van der Waals surface area contributed by atoms with Gasteiger partial charge in [0.25, 0.3) is 0 Å². The number of thiophene rings is 1. The van der Waals surface area contributed by atoms with Crippen LogP contribution in [0.1, 0.15) is 65.9 Å². The molecule has 8 rings (SSSR count). The van der Waals surface area contributed by atoms with Gasteiger partial charge >= 0.3 is 111 Å². The molecular weight excluding hydrogens is 891 g/mol. The van der Waals surface area contributed by atoms with Crippen molar-refractivity contribution in [2.24, 2.45) is 0 Å². The Morgan fingerprint density at radius 1 is 0.846 bits per heavy atom. The minimum absolute atomic E-state index is 0. The summed E-state index contributed by atoms with van der Waals surface area (Å²) < 4.78 is 36.0. The number of nitrogens with zero attached hydrogens (tertiary/aromatic N) is 3. The van der Waals surface area contributed by atoms with Crippen molar-refractivity contribution in [2.45, 2.75) is 69.5 Å². The van der Waals surface area contributed by atoms with E-state index < -0.39 is 26.0 Å². The van der Waals surface area contributed by atoms with Gasteiger partial charge in [0.1, 0.15) is 0 Å². The second-order valence-corrected chi connectivity index (χ2v) is 26.2. The van der Waals surface area contributed by atoms with E-state index in [-0.39, 0.29) is 25.7 Å². The van der Waals surface area contributed by atoms with Crippen molar-refractivity contribution < 1.29 is 25.6 Å². The van der Waals surface area contributed by atoms with Crippen molar-refractivity contribution in [3.8, 4) is 39.7 Å². The molecule has 52 heavy (non-hydrogen) atoms. The van der Waals surface area contributed by atoms with Crippen LogP contribution in [0.3, 0.4) is 0 Å². The Labute approximate surface area is 334 Å². The fourth-order valence-corrected chi connectivity index (χ4v) is 10.0. The summed E-state index contributed by atoms with van der Waals surface area (Å²) in [7, 11) is 0. The molecular formula is C46H43GeIrN3S-2. The van der Waals surface area contributed by atoms with Gasteiger partial charge in [-0.2, -0.15) is 11.3 Å². The van der Waals surface area contributed by atoms with Gasteiger partial charge in [-0.3, -0.25) is 0 Å². The topological polar surface area (TPSA) is 49.6 Å². The standard InChI is InChI=1S/C31H28NS.C15H15GeN2.Ir/c1-19(2)27-17-29(32-18-20(27)3)23-12-14-30-28(15-23)26-13-11-22(16-31(26)33-30)25-10-6-8-21-7-4-5-9-24(21)25;1-16(2,3)14-8-9-15(18-11-14)13-6-4-12(10-17)5-7-13;/h6,8,10-11,13-19H,4-5,7,9H2,1-3H3;4-6,8-9,11H,1-3H3;/q2*-1;/i3D3,19D;;. The maximum Gasteiger partial charge on any atom is 0 e. The van der Waals surface area contributed by atoms with Crippen LogP contribution < -0.4 is 4.40 Å². The average Bonchev–Trinajstić information content (AvgIpc) is 3.54. The fraction of sp³-hybridized carbons (Fsp3) is 0.239. The minimum atomic E-state index is -2.31. The summed E-state index contributed by atoms with van der Waals surface area (Å²) in [6.07, 6.45) is 8.26. The molecule has 0 bridgehead atoms. The first kappa shape index (κ1) is 32.7. The van der Waals surface area contributed by atoms with E-state index in [9.17, 15) is 0 Å². The van der Waals surface area contributed by atoms with Crippen molar-refractivity contribution >= 4 is 49.2 Å². The van der Waals surface area contributed by atoms with Crippen molar-refractivity contribution in [3.63, 3.8) is 0 Å². The third-order valence-corrected chi connectivity index (χ3v) is 15.0. The second-order valence-electron chi connectivity index (χ2n) is 14.5. The van der Waals surface area contributed by atoms with Gasteiger partial charge in [0, 0.05) is 36.5 Å². The number of hydrogen-bond donors (Lipinski definition) is 0. The molecule has 263 valence electrons. The van der Waals surface area contributed by atoms with Gasteiger partial charge in [-0.15, -0.1) is 23.8 Å². The molecule has 0 fully saturated rings. The summed E-state index contributed by atoms with van der Waals surface area (Å²) in [4.78, 5) is 8.99. The first-order chi connectivity index (χ1) is 26.1. The van der Waals surface area contributed by atoms with Gasteiger partial charge in [-0.1, -0.05) is 55.6 Å². The molecule has 6 heteroatoms. The summed E-state index contributed by atoms with van der Waals surface area (Å²) in [6.45, 7) is 1.11. The van der Waals surface area contributed by atoms with Gasteiger partial charge in [0.2, 0.25) is 0 Å². The molecule has 1 aliphatic carbocycles. The molecule has 7 aromatic rings. The SMILES string of the molecule is [2H]C([2H])([2H])c1cnc(-c2[c-]cc3sc4cc(-c5cccc6c5CCCC6)ccc4c3c2)cc1C([2H])(C)C.[CH3][Ge]([CH3])([CH3])[c]1ccc(-c2[c-]cc(C#N)cc2)nc1.[Ir]. The Bertz CT molecular complexity index is 2560. The summed E-state index contributed by atoms with van der Waals surface area (Å²) in [5.41, 5.74) is 10.1. The van der Waals surface area contributed by atoms with Crippen molar-refractivity contribution in [3.05, 3.63) is 137 Å². The number of aryl methyl sites for hydroxylation is 2. The minimum Gasteiger partial charge on any atom is 0 e. The molecule has 4 aromatic carbocycles. The van der Waals surface area contributed by atoms with Crippen molar-refractivity contribution in [1.82, 2.24) is 9.97 Å². The van der Waals surface area contributed by atoms with E-state index in [1.165, 1.54) is 62.2 Å². The van der Waals surface area contributed by atoms with Crippen LogP contribution >= 0.6 is 11.3 Å². The predicted octanol–water partition coefficient (Wildman–Crippen LogP) is 11.9. The zero-order valence-corrected chi connectivity index (χ0v) is 35.5. The van der Waals surface area contributed by atoms with E-state index >= 15 is 0 Å². The second kappa shape index (κ2) is 16.0. The van der Waals surface area contributed by atoms with E-state index in [2.05, 4.69) is 94.0 Å². The van der Waals surface area contributed by atoms with E-state index in [1.807, 2.05) is 24.4 Å². The smallest absolute Gasteiger partial charge is 0 e. The van der Waals surface area contributed by atoms with Crippen LogP contribution in [-0.2, 0) is 32.9 Å². The molecule has 0 atom stereocenters. The Kier molecular flexibility index (Phi) is 10.1. The van der Waals surface area contributed by atoms with Gasteiger partial charge in [0.15, 0.2) is 0 Å². The number of pyridine rings is 2. The predicted molar refractivity (Wildman–Crippen MR) is 219 cm³/mol. The summed E-state index contributed by atoms with van der Waals surface area (Å²) in [6, 6.07) is 37.5. The van der Waals surface area contributed by atoms with E-state index in [1.54, 1.807) is 43.4 Å². The number of rotatable bonds is 5. The van der Waals surface area contributed by atoms with E-state index in [0.717, 1.165) is 33.3 Å². The number of nitriles is 1. The Morgan fingerprint density at radius 2 is 1.65 bits per heavy atom. The fourth-order valence-electron chi connectivity index (χ4n) is 6.75. The third-order valence-electron chi connectivity index (χ3n) is 9.68. The van der Waals surface area contributed by atoms with Gasteiger partial charge < -0.3 is 4.98 Å². The van der Waals surface area contributed by atoms with Crippen LogP contribution in [0.5, 0.6) is 0 Å². The van der Waals surface area contributed by atoms with E-state index in [0.29, 0.717) is 16.8 Å². The normalized spacial score (nSPS) is 14.1. The maximum absolute atomic E-state index is 8.75. The van der Waals surface area contributed by atoms with Crippen LogP contribution in [0.4, 0.5) is 0 Å². The Balaban J connectivity index is 0.000000236. The molecule has 0 unspecified atom stereocenters. The Morgan fingerprint density at radius 3 is 2.37 bits per heavy atom. The third kappa shape index (κ3) is 8.02. The average molecular weight is 939 g/mol. The van der Waals surface area contributed by atoms with Crippen LogP contribution in [0, 0.1) is 30.3 Å².